The van der Waals surface area contributed by atoms with E-state index >= 15 is 0 Å². The fourth-order valence-corrected chi connectivity index (χ4v) is 12.6. The van der Waals surface area contributed by atoms with Crippen molar-refractivity contribution in [2.24, 2.45) is 0 Å². The Morgan fingerprint density at radius 1 is 0.452 bits per heavy atom. The molecule has 0 amide bonds. The van der Waals surface area contributed by atoms with Crippen LogP contribution in [0, 0.1) is 25.7 Å². The minimum atomic E-state index is -0.172. The SMILES string of the molecule is Cc1cc(-n2c3[c-]c(Oc4[c-]c(N5[CH-]N(C)c6ccccc65)cc(-c5cc(C(C)(C)C)nc(C(C)(C)C)c5)c4)ccc3c3ccccc32)ncc1-c1c(-n2c3ccccc3c3ccccc32)cccc1-n1c2ccccc2c2ccccc21.[Pt]. The van der Waals surface area contributed by atoms with E-state index in [9.17, 15) is 0 Å². The number of hydrogen-bond acceptors (Lipinski definition) is 5. The van der Waals surface area contributed by atoms with Gasteiger partial charge in [-0.3, -0.25) is 4.98 Å². The van der Waals surface area contributed by atoms with E-state index in [2.05, 4.69) is 304 Å². The smallest absolute Gasteiger partial charge is 0.135 e. The maximum absolute atomic E-state index is 7.05. The number of anilines is 3. The monoisotopic (exact) mass is 1270 g/mol. The topological polar surface area (TPSA) is 56.3 Å². The van der Waals surface area contributed by atoms with Crippen molar-refractivity contribution in [3.8, 4) is 50.9 Å². The van der Waals surface area contributed by atoms with Crippen LogP contribution in [0.25, 0.3) is 105 Å². The van der Waals surface area contributed by atoms with Gasteiger partial charge >= 0.3 is 0 Å². The van der Waals surface area contributed by atoms with Crippen molar-refractivity contribution in [1.82, 2.24) is 23.7 Å². The van der Waals surface area contributed by atoms with Gasteiger partial charge < -0.3 is 28.2 Å². The van der Waals surface area contributed by atoms with Crippen LogP contribution in [0.15, 0.2) is 212 Å². The number of ether oxygens (including phenoxy) is 1. The molecule has 5 aromatic heterocycles. The Bertz CT molecular complexity index is 4680. The number of para-hydroxylation sites is 7. The molecular weight excluding hydrogens is 1210 g/mol. The molecule has 0 aliphatic carbocycles. The molecule has 6 heterocycles. The number of aromatic nitrogens is 5. The summed E-state index contributed by atoms with van der Waals surface area (Å²) >= 11 is 0. The maximum atomic E-state index is 7.05. The molecule has 0 atom stereocenters. The number of fused-ring (bicyclic) bond motifs is 10. The summed E-state index contributed by atoms with van der Waals surface area (Å²) in [4.78, 5) is 15.1. The predicted octanol–water partition coefficient (Wildman–Crippen LogP) is 19.1. The number of pyridine rings is 2. The first-order chi connectivity index (χ1) is 40.2. The molecule has 0 N–H and O–H groups in total. The molecule has 14 aromatic rings. The van der Waals surface area contributed by atoms with Gasteiger partial charge in [0.15, 0.2) is 0 Å². The van der Waals surface area contributed by atoms with Gasteiger partial charge in [0.05, 0.1) is 33.4 Å². The molecule has 1 aliphatic heterocycles. The van der Waals surface area contributed by atoms with E-state index in [4.69, 9.17) is 14.7 Å². The van der Waals surface area contributed by atoms with Crippen molar-refractivity contribution >= 4 is 82.5 Å². The standard InChI is InChI=1S/C75H60N7O.Pt/c1-47-38-72(76-45-59(47)73-67(80-60-27-14-9-22-53(60)54-23-10-15-28-61(54)80)34-21-35-68(73)81-62-29-16-11-24-55(62)56-25-12-17-30-63(56)81)82-64-31-18-13-26-57(64)58-37-36-51(44-69(58)82)83-52-40-48(49-41-70(74(2,3)4)77-71(42-49)75(5,6)7)39-50(43-52)79-46-78(8)65-32-19-20-33-66(65)79;/h9-42,45-46H,1-8H3;/q-3;. The molecule has 1 aliphatic rings. The summed E-state index contributed by atoms with van der Waals surface area (Å²) in [5.41, 5.74) is 18.6. The first-order valence-electron chi connectivity index (χ1n) is 28.5. The van der Waals surface area contributed by atoms with Crippen LogP contribution < -0.4 is 14.5 Å². The second-order valence-corrected chi connectivity index (χ2v) is 24.1. The Balaban J connectivity index is 0.00000627. The van der Waals surface area contributed by atoms with Gasteiger partial charge in [0.1, 0.15) is 5.82 Å². The molecule has 0 unspecified atom stereocenters. The predicted molar refractivity (Wildman–Crippen MR) is 344 cm³/mol. The van der Waals surface area contributed by atoms with Gasteiger partial charge in [-0.05, 0) is 103 Å². The molecular formula is C75H60N7OPt-3. The van der Waals surface area contributed by atoms with Crippen LogP contribution in [0.3, 0.4) is 0 Å². The zero-order valence-corrected chi connectivity index (χ0v) is 50.4. The van der Waals surface area contributed by atoms with Crippen LogP contribution >= 0.6 is 0 Å². The normalized spacial score (nSPS) is 12.8. The average Bonchev–Trinajstić information content (AvgIpc) is 2.29. The van der Waals surface area contributed by atoms with Crippen LogP contribution in [0.5, 0.6) is 11.5 Å². The maximum Gasteiger partial charge on any atom is 0.135 e. The van der Waals surface area contributed by atoms with Crippen molar-refractivity contribution in [1.29, 1.82) is 0 Å². The largest absolute Gasteiger partial charge is 0.509 e. The Morgan fingerprint density at radius 2 is 0.917 bits per heavy atom. The van der Waals surface area contributed by atoms with Crippen molar-refractivity contribution in [2.75, 3.05) is 16.8 Å². The molecule has 9 aromatic carbocycles. The average molecular weight is 1270 g/mol. The molecule has 0 fully saturated rings. The number of rotatable bonds is 8. The minimum absolute atomic E-state index is 0. The fraction of sp³-hybridized carbons (Fsp3) is 0.133. The van der Waals surface area contributed by atoms with Gasteiger partial charge in [0.25, 0.3) is 0 Å². The summed E-state index contributed by atoms with van der Waals surface area (Å²) in [6, 6.07) is 81.4. The molecule has 0 radical (unpaired) electrons. The summed E-state index contributed by atoms with van der Waals surface area (Å²) in [7, 11) is 2.08. The van der Waals surface area contributed by atoms with Gasteiger partial charge in [-0.2, -0.15) is 12.7 Å². The number of nitrogens with zero attached hydrogens (tertiary/aromatic N) is 7. The van der Waals surface area contributed by atoms with Gasteiger partial charge in [-0.25, -0.2) is 4.98 Å². The van der Waals surface area contributed by atoms with Crippen molar-refractivity contribution in [2.45, 2.75) is 59.3 Å². The van der Waals surface area contributed by atoms with Crippen molar-refractivity contribution in [3.05, 3.63) is 248 Å². The van der Waals surface area contributed by atoms with E-state index in [1.807, 2.05) is 6.07 Å². The first-order valence-corrected chi connectivity index (χ1v) is 28.5. The van der Waals surface area contributed by atoms with Gasteiger partial charge in [0, 0.05) is 111 Å². The zero-order chi connectivity index (χ0) is 56.5. The third-order valence-electron chi connectivity index (χ3n) is 16.6. The summed E-state index contributed by atoms with van der Waals surface area (Å²) in [6.07, 6.45) is 2.08. The van der Waals surface area contributed by atoms with Crippen LogP contribution in [0.2, 0.25) is 0 Å². The summed E-state index contributed by atoms with van der Waals surface area (Å²) in [6.45, 7) is 17.7. The number of benzene rings is 9. The summed E-state index contributed by atoms with van der Waals surface area (Å²) < 4.78 is 14.2. The second kappa shape index (κ2) is 20.0. The molecule has 8 nitrogen and oxygen atoms in total. The number of hydrogen-bond donors (Lipinski definition) is 0. The summed E-state index contributed by atoms with van der Waals surface area (Å²) in [5, 5.41) is 6.98. The third-order valence-corrected chi connectivity index (χ3v) is 16.6. The van der Waals surface area contributed by atoms with Crippen molar-refractivity contribution in [3.63, 3.8) is 0 Å². The number of aryl methyl sites for hydroxylation is 1. The molecule has 414 valence electrons. The van der Waals surface area contributed by atoms with Crippen LogP contribution in [-0.4, -0.2) is 30.7 Å². The minimum Gasteiger partial charge on any atom is -0.509 e. The van der Waals surface area contributed by atoms with E-state index in [1.54, 1.807) is 0 Å². The van der Waals surface area contributed by atoms with E-state index < -0.39 is 0 Å². The molecule has 0 spiro atoms. The van der Waals surface area contributed by atoms with E-state index in [0.29, 0.717) is 11.5 Å². The fourth-order valence-electron chi connectivity index (χ4n) is 12.6. The Morgan fingerprint density at radius 3 is 1.44 bits per heavy atom. The van der Waals surface area contributed by atoms with E-state index in [-0.39, 0.29) is 31.9 Å². The Kier molecular flexibility index (Phi) is 12.6. The Labute approximate surface area is 504 Å². The van der Waals surface area contributed by atoms with Gasteiger partial charge in [0.2, 0.25) is 0 Å². The summed E-state index contributed by atoms with van der Waals surface area (Å²) in [5.74, 6) is 1.92. The second-order valence-electron chi connectivity index (χ2n) is 24.1. The molecule has 0 bridgehead atoms. The van der Waals surface area contributed by atoms with E-state index in [1.165, 1.54) is 21.5 Å². The van der Waals surface area contributed by atoms with Gasteiger partial charge in [-0.1, -0.05) is 156 Å². The van der Waals surface area contributed by atoms with Crippen molar-refractivity contribution < 1.29 is 25.8 Å². The molecule has 9 heteroatoms. The Hall–Kier alpha value is -9.23. The third kappa shape index (κ3) is 8.60. The molecule has 84 heavy (non-hydrogen) atoms. The molecule has 0 saturated carbocycles. The van der Waals surface area contributed by atoms with Crippen LogP contribution in [0.1, 0.15) is 58.5 Å². The van der Waals surface area contributed by atoms with Crippen LogP contribution in [0.4, 0.5) is 17.1 Å². The van der Waals surface area contributed by atoms with Gasteiger partial charge in [-0.15, -0.1) is 47.0 Å². The quantitative estimate of drug-likeness (QED) is 0.142. The first kappa shape index (κ1) is 52.8. The van der Waals surface area contributed by atoms with Crippen LogP contribution in [-0.2, 0) is 31.9 Å². The zero-order valence-electron chi connectivity index (χ0n) is 48.1. The molecule has 0 saturated heterocycles. The molecule has 15 rings (SSSR count). The van der Waals surface area contributed by atoms with E-state index in [0.717, 1.165) is 117 Å².